The van der Waals surface area contributed by atoms with Crippen molar-refractivity contribution in [2.24, 2.45) is 10.8 Å². The summed E-state index contributed by atoms with van der Waals surface area (Å²) in [5.41, 5.74) is -4.48. The lowest BCUT2D eigenvalue weighted by Crippen LogP contribution is -2.64. The summed E-state index contributed by atoms with van der Waals surface area (Å²) < 4.78 is 16.2. The van der Waals surface area contributed by atoms with Gasteiger partial charge < -0.3 is 19.3 Å². The van der Waals surface area contributed by atoms with Crippen molar-refractivity contribution in [2.45, 2.75) is 70.7 Å². The van der Waals surface area contributed by atoms with Crippen LogP contribution in [0.4, 0.5) is 0 Å². The molecule has 3 aliphatic rings. The van der Waals surface area contributed by atoms with Crippen LogP contribution >= 0.6 is 0 Å². The zero-order valence-corrected chi connectivity index (χ0v) is 14.5. The van der Waals surface area contributed by atoms with Gasteiger partial charge in [0, 0.05) is 6.92 Å². The van der Waals surface area contributed by atoms with E-state index >= 15 is 0 Å². The molecule has 1 spiro atoms. The lowest BCUT2D eigenvalue weighted by Gasteiger charge is -2.52. The number of aliphatic hydroxyl groups is 1. The molecule has 0 aromatic heterocycles. The number of cyclic esters (lactones) is 1. The van der Waals surface area contributed by atoms with E-state index in [-0.39, 0.29) is 19.4 Å². The summed E-state index contributed by atoms with van der Waals surface area (Å²) in [5.74, 6) is -1.37. The number of esters is 3. The highest BCUT2D eigenvalue weighted by Crippen LogP contribution is 2.68. The highest BCUT2D eigenvalue weighted by molar-refractivity contribution is 5.79. The van der Waals surface area contributed by atoms with Crippen LogP contribution in [0.3, 0.4) is 0 Å². The van der Waals surface area contributed by atoms with Crippen LogP contribution in [0.15, 0.2) is 0 Å². The largest absolute Gasteiger partial charge is 0.465 e. The first-order chi connectivity index (χ1) is 11.0. The van der Waals surface area contributed by atoms with Crippen molar-refractivity contribution >= 4 is 17.9 Å². The Hall–Kier alpha value is -1.63. The van der Waals surface area contributed by atoms with Crippen molar-refractivity contribution in [2.75, 3.05) is 6.61 Å². The Morgan fingerprint density at radius 1 is 1.21 bits per heavy atom. The molecule has 1 saturated carbocycles. The second kappa shape index (κ2) is 4.94. The topological polar surface area (TPSA) is 99.1 Å². The zero-order valence-electron chi connectivity index (χ0n) is 14.5. The maximum atomic E-state index is 12.3. The van der Waals surface area contributed by atoms with Crippen LogP contribution in [-0.4, -0.2) is 46.9 Å². The monoisotopic (exact) mass is 340 g/mol. The standard InChI is InChI=1S/C17H24O7/c1-10(23-11(2)18)14(3)9-22-12(19)7-16-8-13(20)24-15(16,4)5-6-17(14,16)21/h10,21H,5-9H2,1-4H3/t10-,14+,15-,16-,17-/m0/s1. The molecule has 5 atom stereocenters. The van der Waals surface area contributed by atoms with Gasteiger partial charge >= 0.3 is 17.9 Å². The predicted octanol–water partition coefficient (Wildman–Crippen LogP) is 1.11. The van der Waals surface area contributed by atoms with Crippen molar-refractivity contribution in [3.63, 3.8) is 0 Å². The molecule has 1 aliphatic carbocycles. The van der Waals surface area contributed by atoms with E-state index < -0.39 is 46.0 Å². The quantitative estimate of drug-likeness (QED) is 0.594. The van der Waals surface area contributed by atoms with E-state index in [1.54, 1.807) is 20.8 Å². The molecular formula is C17H24O7. The van der Waals surface area contributed by atoms with E-state index in [0.717, 1.165) is 0 Å². The van der Waals surface area contributed by atoms with Crippen LogP contribution in [0.2, 0.25) is 0 Å². The van der Waals surface area contributed by atoms with Gasteiger partial charge in [0.25, 0.3) is 0 Å². The summed E-state index contributed by atoms with van der Waals surface area (Å²) in [5, 5.41) is 11.8. The number of rotatable bonds is 2. The fourth-order valence-corrected chi connectivity index (χ4v) is 5.06. The fraction of sp³-hybridized carbons (Fsp3) is 0.824. The Kier molecular flexibility index (Phi) is 3.54. The van der Waals surface area contributed by atoms with Crippen molar-refractivity contribution in [3.8, 4) is 0 Å². The summed E-state index contributed by atoms with van der Waals surface area (Å²) in [7, 11) is 0. The first kappa shape index (κ1) is 17.2. The first-order valence-corrected chi connectivity index (χ1v) is 8.27. The van der Waals surface area contributed by atoms with Gasteiger partial charge in [-0.2, -0.15) is 0 Å². The van der Waals surface area contributed by atoms with Crippen LogP contribution in [0.25, 0.3) is 0 Å². The predicted molar refractivity (Wildman–Crippen MR) is 80.6 cm³/mol. The van der Waals surface area contributed by atoms with Gasteiger partial charge in [-0.3, -0.25) is 14.4 Å². The summed E-state index contributed by atoms with van der Waals surface area (Å²) >= 11 is 0. The average molecular weight is 340 g/mol. The third-order valence-electron chi connectivity index (χ3n) is 6.72. The van der Waals surface area contributed by atoms with Crippen LogP contribution in [0.1, 0.15) is 53.4 Å². The molecule has 134 valence electrons. The number of hydrogen-bond donors (Lipinski definition) is 1. The molecule has 0 amide bonds. The molecule has 7 nitrogen and oxygen atoms in total. The molecule has 0 aromatic rings. The molecule has 2 saturated heterocycles. The van der Waals surface area contributed by atoms with Crippen molar-refractivity contribution in [1.82, 2.24) is 0 Å². The van der Waals surface area contributed by atoms with E-state index in [0.29, 0.717) is 12.8 Å². The Balaban J connectivity index is 2.15. The lowest BCUT2D eigenvalue weighted by molar-refractivity contribution is -0.212. The molecule has 24 heavy (non-hydrogen) atoms. The second-order valence-electron chi connectivity index (χ2n) is 7.83. The zero-order chi connectivity index (χ0) is 18.0. The fourth-order valence-electron chi connectivity index (χ4n) is 5.06. The Labute approximate surface area is 140 Å². The minimum Gasteiger partial charge on any atom is -0.465 e. The minimum atomic E-state index is -1.43. The van der Waals surface area contributed by atoms with Gasteiger partial charge in [-0.1, -0.05) is 0 Å². The molecular weight excluding hydrogens is 316 g/mol. The SMILES string of the molecule is CC(=O)O[C@@H](C)[C@@]1(C)COC(=O)C[C@]23CC(=O)O[C@@]2(C)CC[C@@]31O. The summed E-state index contributed by atoms with van der Waals surface area (Å²) in [6.45, 7) is 6.41. The van der Waals surface area contributed by atoms with E-state index in [2.05, 4.69) is 0 Å². The van der Waals surface area contributed by atoms with Crippen LogP contribution in [-0.2, 0) is 28.6 Å². The van der Waals surface area contributed by atoms with Gasteiger partial charge in [0.2, 0.25) is 0 Å². The maximum absolute atomic E-state index is 12.3. The molecule has 2 heterocycles. The Bertz CT molecular complexity index is 616. The van der Waals surface area contributed by atoms with Crippen molar-refractivity contribution in [3.05, 3.63) is 0 Å². The second-order valence-corrected chi connectivity index (χ2v) is 7.83. The van der Waals surface area contributed by atoms with Gasteiger partial charge in [0.1, 0.15) is 18.3 Å². The van der Waals surface area contributed by atoms with E-state index in [1.807, 2.05) is 0 Å². The minimum absolute atomic E-state index is 0.0442. The highest BCUT2D eigenvalue weighted by Gasteiger charge is 2.78. The van der Waals surface area contributed by atoms with E-state index in [1.165, 1.54) is 6.92 Å². The average Bonchev–Trinajstić information content (AvgIpc) is 2.79. The molecule has 1 N–H and O–H groups in total. The van der Waals surface area contributed by atoms with Crippen LogP contribution < -0.4 is 0 Å². The molecule has 0 radical (unpaired) electrons. The summed E-state index contributed by atoms with van der Waals surface area (Å²) in [6, 6.07) is 0. The smallest absolute Gasteiger partial charge is 0.307 e. The van der Waals surface area contributed by atoms with Crippen molar-refractivity contribution < 1.29 is 33.7 Å². The van der Waals surface area contributed by atoms with Gasteiger partial charge in [-0.25, -0.2) is 0 Å². The van der Waals surface area contributed by atoms with Crippen LogP contribution in [0, 0.1) is 10.8 Å². The van der Waals surface area contributed by atoms with Gasteiger partial charge in [0.05, 0.1) is 29.3 Å². The molecule has 2 aliphatic heterocycles. The van der Waals surface area contributed by atoms with Crippen LogP contribution in [0.5, 0.6) is 0 Å². The lowest BCUT2D eigenvalue weighted by atomic mass is 9.55. The van der Waals surface area contributed by atoms with E-state index in [9.17, 15) is 19.5 Å². The Morgan fingerprint density at radius 2 is 1.83 bits per heavy atom. The third-order valence-corrected chi connectivity index (χ3v) is 6.72. The normalized spacial score (nSPS) is 45.5. The summed E-state index contributed by atoms with van der Waals surface area (Å²) in [6.07, 6.45) is -0.0349. The Morgan fingerprint density at radius 3 is 2.46 bits per heavy atom. The number of ether oxygens (including phenoxy) is 3. The van der Waals surface area contributed by atoms with Crippen molar-refractivity contribution in [1.29, 1.82) is 0 Å². The third kappa shape index (κ3) is 1.90. The van der Waals surface area contributed by atoms with E-state index in [4.69, 9.17) is 14.2 Å². The summed E-state index contributed by atoms with van der Waals surface area (Å²) in [4.78, 5) is 35.8. The van der Waals surface area contributed by atoms with Gasteiger partial charge in [-0.05, 0) is 33.6 Å². The molecule has 3 fully saturated rings. The number of carbonyl (C=O) groups excluding carboxylic acids is 3. The molecule has 3 rings (SSSR count). The highest BCUT2D eigenvalue weighted by atomic mass is 16.6. The first-order valence-electron chi connectivity index (χ1n) is 8.27. The van der Waals surface area contributed by atoms with Gasteiger partial charge in [0.15, 0.2) is 0 Å². The number of hydrogen-bond acceptors (Lipinski definition) is 7. The molecule has 0 aromatic carbocycles. The number of carbonyl (C=O) groups is 3. The molecule has 0 bridgehead atoms. The maximum Gasteiger partial charge on any atom is 0.307 e. The molecule has 0 unspecified atom stereocenters. The molecule has 7 heteroatoms. The van der Waals surface area contributed by atoms with Gasteiger partial charge in [-0.15, -0.1) is 0 Å².